The topological polar surface area (TPSA) is 12.0 Å². The Bertz CT molecular complexity index is 598. The summed E-state index contributed by atoms with van der Waals surface area (Å²) in [6.07, 6.45) is 3.37. The maximum atomic E-state index is 13.0. The summed E-state index contributed by atoms with van der Waals surface area (Å²) in [6, 6.07) is 11.3. The van der Waals surface area contributed by atoms with Crippen LogP contribution in [0.3, 0.4) is 0 Å². The average molecular weight is 303 g/mol. The Labute approximate surface area is 130 Å². The second-order valence-electron chi connectivity index (χ2n) is 5.27. The van der Waals surface area contributed by atoms with Gasteiger partial charge >= 0.3 is 0 Å². The molecule has 1 aromatic heterocycles. The van der Waals surface area contributed by atoms with Crippen LogP contribution in [0.4, 0.5) is 4.39 Å². The lowest BCUT2D eigenvalue weighted by Crippen LogP contribution is -2.27. The van der Waals surface area contributed by atoms with Crippen molar-refractivity contribution in [1.82, 2.24) is 5.32 Å². The van der Waals surface area contributed by atoms with Crippen LogP contribution in [-0.2, 0) is 0 Å². The monoisotopic (exact) mass is 303 g/mol. The minimum absolute atomic E-state index is 0.193. The number of hydrogen-bond acceptors (Lipinski definition) is 2. The number of benzene rings is 1. The molecule has 0 aliphatic carbocycles. The van der Waals surface area contributed by atoms with Gasteiger partial charge in [0.15, 0.2) is 0 Å². The van der Waals surface area contributed by atoms with Crippen molar-refractivity contribution in [3.05, 3.63) is 52.7 Å². The molecule has 0 fully saturated rings. The first kappa shape index (κ1) is 15.9. The Morgan fingerprint density at radius 3 is 2.62 bits per heavy atom. The first-order valence-corrected chi connectivity index (χ1v) is 8.19. The molecule has 0 saturated heterocycles. The highest BCUT2D eigenvalue weighted by Crippen LogP contribution is 2.29. The summed E-state index contributed by atoms with van der Waals surface area (Å²) in [5, 5.41) is 3.49. The fourth-order valence-electron chi connectivity index (χ4n) is 2.07. The van der Waals surface area contributed by atoms with Gasteiger partial charge < -0.3 is 5.32 Å². The largest absolute Gasteiger partial charge is 0.311 e. The molecule has 0 amide bonds. The summed E-state index contributed by atoms with van der Waals surface area (Å²) >= 11 is 1.73. The molecule has 2 aromatic rings. The Hall–Kier alpha value is -1.45. The highest BCUT2D eigenvalue weighted by Gasteiger charge is 2.05. The van der Waals surface area contributed by atoms with E-state index in [0.717, 1.165) is 18.5 Å². The van der Waals surface area contributed by atoms with Gasteiger partial charge in [0, 0.05) is 15.8 Å². The van der Waals surface area contributed by atoms with E-state index in [9.17, 15) is 4.39 Å². The van der Waals surface area contributed by atoms with Gasteiger partial charge in [-0.05, 0) is 62.7 Å². The Balaban J connectivity index is 2.10. The highest BCUT2D eigenvalue weighted by molar-refractivity contribution is 7.16. The van der Waals surface area contributed by atoms with Gasteiger partial charge in [-0.15, -0.1) is 11.3 Å². The standard InChI is InChI=1S/C18H22FNS/c1-4-11-20-14(3)13(2)12-17-9-10-18(21-17)15-5-7-16(19)8-6-15/h5-10,12,14,20H,4,11H2,1-3H3/b13-12+. The number of rotatable bonds is 6. The minimum Gasteiger partial charge on any atom is -0.311 e. The molecule has 1 aromatic carbocycles. The molecule has 1 nitrogen and oxygen atoms in total. The molecule has 112 valence electrons. The van der Waals surface area contributed by atoms with Crippen molar-refractivity contribution < 1.29 is 4.39 Å². The van der Waals surface area contributed by atoms with E-state index in [1.54, 1.807) is 11.3 Å². The van der Waals surface area contributed by atoms with Gasteiger partial charge in [-0.2, -0.15) is 0 Å². The molecular weight excluding hydrogens is 281 g/mol. The van der Waals surface area contributed by atoms with Crippen LogP contribution in [0.1, 0.15) is 32.1 Å². The predicted octanol–water partition coefficient (Wildman–Crippen LogP) is 5.35. The van der Waals surface area contributed by atoms with Crippen molar-refractivity contribution in [3.63, 3.8) is 0 Å². The average Bonchev–Trinajstić information content (AvgIpc) is 2.93. The highest BCUT2D eigenvalue weighted by atomic mass is 32.1. The molecule has 1 N–H and O–H groups in total. The van der Waals surface area contributed by atoms with E-state index in [4.69, 9.17) is 0 Å². The van der Waals surface area contributed by atoms with Crippen molar-refractivity contribution in [2.45, 2.75) is 33.2 Å². The zero-order chi connectivity index (χ0) is 15.2. The molecular formula is C18H22FNS. The molecule has 1 heterocycles. The first-order valence-electron chi connectivity index (χ1n) is 7.37. The van der Waals surface area contributed by atoms with Gasteiger partial charge in [0.1, 0.15) is 5.82 Å². The van der Waals surface area contributed by atoms with Crippen molar-refractivity contribution in [2.24, 2.45) is 0 Å². The number of hydrogen-bond donors (Lipinski definition) is 1. The Morgan fingerprint density at radius 2 is 1.95 bits per heavy atom. The van der Waals surface area contributed by atoms with Gasteiger partial charge in [0.2, 0.25) is 0 Å². The smallest absolute Gasteiger partial charge is 0.123 e. The molecule has 2 rings (SSSR count). The fraction of sp³-hybridized carbons (Fsp3) is 0.333. The molecule has 1 unspecified atom stereocenters. The third-order valence-electron chi connectivity index (χ3n) is 3.51. The van der Waals surface area contributed by atoms with Gasteiger partial charge in [-0.1, -0.05) is 24.6 Å². The second kappa shape index (κ2) is 7.53. The van der Waals surface area contributed by atoms with Crippen molar-refractivity contribution in [2.75, 3.05) is 6.54 Å². The van der Waals surface area contributed by atoms with Crippen molar-refractivity contribution >= 4 is 17.4 Å². The van der Waals surface area contributed by atoms with Crippen LogP contribution in [0, 0.1) is 5.82 Å². The summed E-state index contributed by atoms with van der Waals surface area (Å²) in [5.41, 5.74) is 2.40. The molecule has 0 bridgehead atoms. The van der Waals surface area contributed by atoms with Crippen molar-refractivity contribution in [1.29, 1.82) is 0 Å². The van der Waals surface area contributed by atoms with E-state index >= 15 is 0 Å². The zero-order valence-electron chi connectivity index (χ0n) is 12.8. The third-order valence-corrected chi connectivity index (χ3v) is 4.59. The molecule has 3 heteroatoms. The summed E-state index contributed by atoms with van der Waals surface area (Å²) in [6.45, 7) is 7.56. The summed E-state index contributed by atoms with van der Waals surface area (Å²) < 4.78 is 13.0. The van der Waals surface area contributed by atoms with E-state index in [1.807, 2.05) is 12.1 Å². The minimum atomic E-state index is -0.193. The Morgan fingerprint density at radius 1 is 1.24 bits per heavy atom. The number of halogens is 1. The second-order valence-corrected chi connectivity index (χ2v) is 6.39. The quantitative estimate of drug-likeness (QED) is 0.759. The molecule has 1 atom stereocenters. The molecule has 0 radical (unpaired) electrons. The van der Waals surface area contributed by atoms with E-state index in [0.29, 0.717) is 6.04 Å². The summed E-state index contributed by atoms with van der Waals surface area (Å²) in [5.74, 6) is -0.193. The van der Waals surface area contributed by atoms with E-state index in [2.05, 4.69) is 44.3 Å². The lowest BCUT2D eigenvalue weighted by molar-refractivity contribution is 0.604. The van der Waals surface area contributed by atoms with Crippen LogP contribution in [-0.4, -0.2) is 12.6 Å². The van der Waals surface area contributed by atoms with Gasteiger partial charge in [-0.3, -0.25) is 0 Å². The van der Waals surface area contributed by atoms with E-state index < -0.39 is 0 Å². The molecule has 0 aliphatic rings. The maximum Gasteiger partial charge on any atom is 0.123 e. The SMILES string of the molecule is CCCNC(C)/C(C)=C/c1ccc(-c2ccc(F)cc2)s1. The van der Waals surface area contributed by atoms with E-state index in [1.165, 1.54) is 27.5 Å². The predicted molar refractivity (Wildman–Crippen MR) is 91.1 cm³/mol. The first-order chi connectivity index (χ1) is 10.1. The van der Waals surface area contributed by atoms with Gasteiger partial charge in [-0.25, -0.2) is 4.39 Å². The fourth-order valence-corrected chi connectivity index (χ4v) is 3.10. The summed E-state index contributed by atoms with van der Waals surface area (Å²) in [4.78, 5) is 2.40. The maximum absolute atomic E-state index is 13.0. The molecule has 21 heavy (non-hydrogen) atoms. The molecule has 0 aliphatic heterocycles. The lowest BCUT2D eigenvalue weighted by Gasteiger charge is -2.13. The Kier molecular flexibility index (Phi) is 5.71. The van der Waals surface area contributed by atoms with Gasteiger partial charge in [0.05, 0.1) is 0 Å². The van der Waals surface area contributed by atoms with E-state index in [-0.39, 0.29) is 5.82 Å². The van der Waals surface area contributed by atoms with Crippen LogP contribution in [0.2, 0.25) is 0 Å². The van der Waals surface area contributed by atoms with Crippen LogP contribution in [0.25, 0.3) is 16.5 Å². The normalized spacial score (nSPS) is 13.4. The van der Waals surface area contributed by atoms with Gasteiger partial charge in [0.25, 0.3) is 0 Å². The molecule has 0 saturated carbocycles. The number of thiophene rings is 1. The van der Waals surface area contributed by atoms with Crippen molar-refractivity contribution in [3.8, 4) is 10.4 Å². The molecule has 0 spiro atoms. The van der Waals surface area contributed by atoms with Crippen LogP contribution in [0.15, 0.2) is 42.0 Å². The lowest BCUT2D eigenvalue weighted by atomic mass is 10.1. The van der Waals surface area contributed by atoms with Crippen LogP contribution < -0.4 is 5.32 Å². The van der Waals surface area contributed by atoms with Crippen LogP contribution in [0.5, 0.6) is 0 Å². The zero-order valence-corrected chi connectivity index (χ0v) is 13.6. The van der Waals surface area contributed by atoms with Crippen LogP contribution >= 0.6 is 11.3 Å². The third kappa shape index (κ3) is 4.51. The summed E-state index contributed by atoms with van der Waals surface area (Å²) in [7, 11) is 0. The number of nitrogens with one attached hydrogen (secondary N) is 1.